The van der Waals surface area contributed by atoms with Gasteiger partial charge in [-0.05, 0) is 48.4 Å². The van der Waals surface area contributed by atoms with E-state index in [1.54, 1.807) is 0 Å². The van der Waals surface area contributed by atoms with E-state index in [1.165, 1.54) is 22.3 Å². The van der Waals surface area contributed by atoms with Crippen LogP contribution >= 0.6 is 17.0 Å². The van der Waals surface area contributed by atoms with Crippen LogP contribution in [-0.2, 0) is 19.3 Å². The Morgan fingerprint density at radius 2 is 1.56 bits per heavy atom. The SMILES string of the molecule is Br.CCc1ccc(C(C)N)c(CC)c1CC. The maximum atomic E-state index is 6.01. The lowest BCUT2D eigenvalue weighted by atomic mass is 9.89. The summed E-state index contributed by atoms with van der Waals surface area (Å²) in [6, 6.07) is 4.61. The van der Waals surface area contributed by atoms with E-state index >= 15 is 0 Å². The second kappa shape index (κ2) is 7.08. The third-order valence-corrected chi connectivity index (χ3v) is 3.14. The highest BCUT2D eigenvalue weighted by Crippen LogP contribution is 2.25. The third-order valence-electron chi connectivity index (χ3n) is 3.14. The monoisotopic (exact) mass is 285 g/mol. The van der Waals surface area contributed by atoms with Crippen molar-refractivity contribution in [1.29, 1.82) is 0 Å². The summed E-state index contributed by atoms with van der Waals surface area (Å²) in [5, 5.41) is 0. The molecule has 0 bridgehead atoms. The summed E-state index contributed by atoms with van der Waals surface area (Å²) >= 11 is 0. The van der Waals surface area contributed by atoms with Crippen LogP contribution < -0.4 is 5.73 Å². The molecular weight excluding hydrogens is 262 g/mol. The molecule has 0 aliphatic heterocycles. The summed E-state index contributed by atoms with van der Waals surface area (Å²) < 4.78 is 0. The van der Waals surface area contributed by atoms with E-state index in [4.69, 9.17) is 5.73 Å². The van der Waals surface area contributed by atoms with E-state index in [2.05, 4.69) is 39.8 Å². The largest absolute Gasteiger partial charge is 0.324 e. The zero-order chi connectivity index (χ0) is 11.4. The molecule has 1 unspecified atom stereocenters. The summed E-state index contributed by atoms with van der Waals surface area (Å²) in [5.74, 6) is 0. The standard InChI is InChI=1S/C14H23N.BrH/c1-5-11-8-9-14(10(4)15)13(7-3)12(11)6-2;/h8-10H,5-7,15H2,1-4H3;1H. The molecule has 0 heterocycles. The van der Waals surface area contributed by atoms with Crippen LogP contribution in [0.3, 0.4) is 0 Å². The van der Waals surface area contributed by atoms with Gasteiger partial charge in [-0.25, -0.2) is 0 Å². The Labute approximate surface area is 110 Å². The van der Waals surface area contributed by atoms with Gasteiger partial charge >= 0.3 is 0 Å². The summed E-state index contributed by atoms with van der Waals surface area (Å²) in [6.07, 6.45) is 3.33. The summed E-state index contributed by atoms with van der Waals surface area (Å²) in [6.45, 7) is 8.75. The highest BCUT2D eigenvalue weighted by atomic mass is 79.9. The molecule has 92 valence electrons. The van der Waals surface area contributed by atoms with Crippen molar-refractivity contribution < 1.29 is 0 Å². The molecule has 16 heavy (non-hydrogen) atoms. The number of hydrogen-bond donors (Lipinski definition) is 1. The number of benzene rings is 1. The average molecular weight is 286 g/mol. The molecule has 0 aromatic heterocycles. The molecule has 1 nitrogen and oxygen atoms in total. The fraction of sp³-hybridized carbons (Fsp3) is 0.571. The first-order chi connectivity index (χ1) is 7.15. The zero-order valence-electron chi connectivity index (χ0n) is 10.8. The van der Waals surface area contributed by atoms with E-state index in [0.29, 0.717) is 0 Å². The second-order valence-electron chi connectivity index (χ2n) is 4.12. The molecule has 0 radical (unpaired) electrons. The van der Waals surface area contributed by atoms with E-state index in [0.717, 1.165) is 19.3 Å². The average Bonchev–Trinajstić information content (AvgIpc) is 2.26. The fourth-order valence-corrected chi connectivity index (χ4v) is 2.38. The zero-order valence-corrected chi connectivity index (χ0v) is 12.6. The Hall–Kier alpha value is -0.340. The molecule has 0 aliphatic rings. The van der Waals surface area contributed by atoms with Gasteiger partial charge in [0.2, 0.25) is 0 Å². The van der Waals surface area contributed by atoms with Crippen molar-refractivity contribution in [1.82, 2.24) is 0 Å². The van der Waals surface area contributed by atoms with Gasteiger partial charge in [0, 0.05) is 6.04 Å². The summed E-state index contributed by atoms with van der Waals surface area (Å²) in [7, 11) is 0. The van der Waals surface area contributed by atoms with E-state index in [-0.39, 0.29) is 23.0 Å². The number of hydrogen-bond acceptors (Lipinski definition) is 1. The number of aryl methyl sites for hydroxylation is 1. The van der Waals surface area contributed by atoms with Crippen LogP contribution in [0.4, 0.5) is 0 Å². The minimum atomic E-state index is 0. The van der Waals surface area contributed by atoms with E-state index in [1.807, 2.05) is 0 Å². The van der Waals surface area contributed by atoms with Gasteiger partial charge in [-0.15, -0.1) is 17.0 Å². The smallest absolute Gasteiger partial charge is 0.0268 e. The first-order valence-electron chi connectivity index (χ1n) is 6.04. The topological polar surface area (TPSA) is 26.0 Å². The number of rotatable bonds is 4. The molecule has 0 saturated carbocycles. The van der Waals surface area contributed by atoms with Crippen LogP contribution in [0.2, 0.25) is 0 Å². The Morgan fingerprint density at radius 1 is 1.00 bits per heavy atom. The van der Waals surface area contributed by atoms with Gasteiger partial charge in [-0.2, -0.15) is 0 Å². The van der Waals surface area contributed by atoms with Crippen LogP contribution in [0.15, 0.2) is 12.1 Å². The van der Waals surface area contributed by atoms with Gasteiger partial charge in [0.05, 0.1) is 0 Å². The van der Waals surface area contributed by atoms with Crippen molar-refractivity contribution in [2.24, 2.45) is 5.73 Å². The lowest BCUT2D eigenvalue weighted by molar-refractivity contribution is 0.791. The lowest BCUT2D eigenvalue weighted by Gasteiger charge is -2.18. The summed E-state index contributed by atoms with van der Waals surface area (Å²) in [5.41, 5.74) is 11.8. The van der Waals surface area contributed by atoms with Crippen molar-refractivity contribution >= 4 is 17.0 Å². The Bertz CT molecular complexity index is 332. The summed E-state index contributed by atoms with van der Waals surface area (Å²) in [4.78, 5) is 0. The maximum absolute atomic E-state index is 6.01. The van der Waals surface area contributed by atoms with Crippen LogP contribution in [0.25, 0.3) is 0 Å². The second-order valence-corrected chi connectivity index (χ2v) is 4.12. The van der Waals surface area contributed by atoms with Gasteiger partial charge in [0.1, 0.15) is 0 Å². The Kier molecular flexibility index (Phi) is 6.93. The van der Waals surface area contributed by atoms with Gasteiger partial charge < -0.3 is 5.73 Å². The van der Waals surface area contributed by atoms with Crippen LogP contribution in [0, 0.1) is 0 Å². The van der Waals surface area contributed by atoms with Crippen molar-refractivity contribution in [2.45, 2.75) is 53.0 Å². The molecule has 1 rings (SSSR count). The molecule has 1 atom stereocenters. The van der Waals surface area contributed by atoms with E-state index < -0.39 is 0 Å². The predicted octanol–water partition coefficient (Wildman–Crippen LogP) is 3.97. The highest BCUT2D eigenvalue weighted by Gasteiger charge is 2.11. The van der Waals surface area contributed by atoms with Crippen LogP contribution in [-0.4, -0.2) is 0 Å². The normalized spacial score (nSPS) is 12.1. The van der Waals surface area contributed by atoms with Gasteiger partial charge in [0.25, 0.3) is 0 Å². The minimum Gasteiger partial charge on any atom is -0.324 e. The molecule has 1 aromatic carbocycles. The number of halogens is 1. The van der Waals surface area contributed by atoms with Crippen molar-refractivity contribution in [3.05, 3.63) is 34.4 Å². The number of nitrogens with two attached hydrogens (primary N) is 1. The van der Waals surface area contributed by atoms with Gasteiger partial charge in [-0.1, -0.05) is 32.9 Å². The fourth-order valence-electron chi connectivity index (χ4n) is 2.38. The molecule has 0 spiro atoms. The van der Waals surface area contributed by atoms with Gasteiger partial charge in [-0.3, -0.25) is 0 Å². The van der Waals surface area contributed by atoms with Gasteiger partial charge in [0.15, 0.2) is 0 Å². The lowest BCUT2D eigenvalue weighted by Crippen LogP contribution is -2.11. The first kappa shape index (κ1) is 15.7. The first-order valence-corrected chi connectivity index (χ1v) is 6.04. The molecule has 0 aliphatic carbocycles. The van der Waals surface area contributed by atoms with Crippen molar-refractivity contribution in [3.8, 4) is 0 Å². The predicted molar refractivity (Wildman–Crippen MR) is 77.5 cm³/mol. The van der Waals surface area contributed by atoms with Crippen molar-refractivity contribution in [2.75, 3.05) is 0 Å². The van der Waals surface area contributed by atoms with Crippen LogP contribution in [0.5, 0.6) is 0 Å². The molecular formula is C14H24BrN. The molecule has 2 heteroatoms. The molecule has 0 saturated heterocycles. The molecule has 2 N–H and O–H groups in total. The minimum absolute atomic E-state index is 0. The Balaban J connectivity index is 0.00000225. The maximum Gasteiger partial charge on any atom is 0.0268 e. The highest BCUT2D eigenvalue weighted by molar-refractivity contribution is 8.93. The molecule has 1 aromatic rings. The third kappa shape index (κ3) is 3.08. The molecule has 0 amide bonds. The quantitative estimate of drug-likeness (QED) is 0.890. The van der Waals surface area contributed by atoms with Crippen molar-refractivity contribution in [3.63, 3.8) is 0 Å². The van der Waals surface area contributed by atoms with Crippen LogP contribution in [0.1, 0.15) is 56.0 Å². The van der Waals surface area contributed by atoms with E-state index in [9.17, 15) is 0 Å². The molecule has 0 fully saturated rings. The Morgan fingerprint density at radius 3 is 1.94 bits per heavy atom.